The molecule has 33 heavy (non-hydrogen) atoms. The second-order valence-corrected chi connectivity index (χ2v) is 8.77. The van der Waals surface area contributed by atoms with Crippen molar-refractivity contribution in [3.63, 3.8) is 0 Å². The van der Waals surface area contributed by atoms with Crippen LogP contribution >= 0.6 is 23.2 Å². The Morgan fingerprint density at radius 1 is 0.970 bits per heavy atom. The lowest BCUT2D eigenvalue weighted by Gasteiger charge is -2.30. The van der Waals surface area contributed by atoms with Crippen molar-refractivity contribution in [1.82, 2.24) is 10.2 Å². The Morgan fingerprint density at radius 2 is 1.64 bits per heavy atom. The average Bonchev–Trinajstić information content (AvgIpc) is 2.82. The Labute approximate surface area is 206 Å². The lowest BCUT2D eigenvalue weighted by atomic mass is 10.1. The van der Waals surface area contributed by atoms with Crippen LogP contribution in [0.5, 0.6) is 11.5 Å². The summed E-state index contributed by atoms with van der Waals surface area (Å²) in [6, 6.07) is 10.2. The Kier molecular flexibility index (Phi) is 10.3. The van der Waals surface area contributed by atoms with Gasteiger partial charge in [0.1, 0.15) is 6.04 Å². The number of halogens is 2. The van der Waals surface area contributed by atoms with Gasteiger partial charge in [0.05, 0.1) is 24.3 Å². The molecular formula is C25H32Cl2N2O4. The molecule has 0 aliphatic heterocycles. The van der Waals surface area contributed by atoms with Crippen LogP contribution in [-0.4, -0.2) is 43.0 Å². The van der Waals surface area contributed by atoms with Crippen LogP contribution in [0.15, 0.2) is 36.4 Å². The second-order valence-electron chi connectivity index (χ2n) is 7.95. The first-order chi connectivity index (χ1) is 15.7. The zero-order chi connectivity index (χ0) is 24.5. The summed E-state index contributed by atoms with van der Waals surface area (Å²) in [4.78, 5) is 27.7. The number of rotatable bonds is 11. The van der Waals surface area contributed by atoms with Crippen LogP contribution in [-0.2, 0) is 22.6 Å². The Hall–Kier alpha value is -2.44. The smallest absolute Gasteiger partial charge is 0.242 e. The molecule has 180 valence electrons. The van der Waals surface area contributed by atoms with Crippen LogP contribution in [0.1, 0.15) is 44.7 Å². The molecule has 2 aromatic rings. The summed E-state index contributed by atoms with van der Waals surface area (Å²) in [6.45, 7) is 5.92. The molecule has 0 saturated carbocycles. The number of carbonyl (C=O) groups is 2. The number of carbonyl (C=O) groups excluding carboxylic acids is 2. The molecule has 0 bridgehead atoms. The number of aryl methyl sites for hydroxylation is 1. The van der Waals surface area contributed by atoms with Crippen LogP contribution < -0.4 is 14.8 Å². The van der Waals surface area contributed by atoms with E-state index in [0.29, 0.717) is 28.0 Å². The van der Waals surface area contributed by atoms with Gasteiger partial charge in [0.2, 0.25) is 11.8 Å². The van der Waals surface area contributed by atoms with Crippen LogP contribution in [0.3, 0.4) is 0 Å². The van der Waals surface area contributed by atoms with Gasteiger partial charge in [-0.25, -0.2) is 0 Å². The van der Waals surface area contributed by atoms with E-state index in [2.05, 4.69) is 5.32 Å². The number of ether oxygens (including phenoxy) is 2. The Morgan fingerprint density at radius 3 is 2.24 bits per heavy atom. The molecule has 0 radical (unpaired) electrons. The summed E-state index contributed by atoms with van der Waals surface area (Å²) in [7, 11) is 3.15. The van der Waals surface area contributed by atoms with Crippen molar-refractivity contribution in [3.05, 3.63) is 57.6 Å². The number of nitrogens with one attached hydrogen (secondary N) is 1. The predicted molar refractivity (Wildman–Crippen MR) is 132 cm³/mol. The van der Waals surface area contributed by atoms with Gasteiger partial charge < -0.3 is 19.7 Å². The minimum absolute atomic E-state index is 0.0219. The maximum atomic E-state index is 13.3. The maximum Gasteiger partial charge on any atom is 0.242 e. The van der Waals surface area contributed by atoms with Crippen molar-refractivity contribution in [2.45, 2.75) is 58.7 Å². The van der Waals surface area contributed by atoms with Gasteiger partial charge in [-0.15, -0.1) is 0 Å². The van der Waals surface area contributed by atoms with E-state index in [1.807, 2.05) is 38.1 Å². The van der Waals surface area contributed by atoms with Gasteiger partial charge in [0.15, 0.2) is 11.5 Å². The Balaban J connectivity index is 2.21. The number of nitrogens with zero attached hydrogens (tertiary/aromatic N) is 1. The summed E-state index contributed by atoms with van der Waals surface area (Å²) in [6.07, 6.45) is 1.53. The van der Waals surface area contributed by atoms with Crippen molar-refractivity contribution in [2.75, 3.05) is 14.2 Å². The lowest BCUT2D eigenvalue weighted by molar-refractivity contribution is -0.140. The largest absolute Gasteiger partial charge is 0.493 e. The highest BCUT2D eigenvalue weighted by Gasteiger charge is 2.26. The van der Waals surface area contributed by atoms with Gasteiger partial charge in [0, 0.05) is 19.0 Å². The van der Waals surface area contributed by atoms with Gasteiger partial charge in [-0.1, -0.05) is 42.3 Å². The molecule has 2 amide bonds. The van der Waals surface area contributed by atoms with Crippen LogP contribution in [0, 0.1) is 0 Å². The van der Waals surface area contributed by atoms with E-state index in [1.165, 1.54) is 0 Å². The third kappa shape index (κ3) is 7.54. The SMILES string of the molecule is CC[C@H](C)NC(=O)[C@H](C)N(Cc1ccc(Cl)c(Cl)c1)C(=O)CCc1ccc(OC)c(OC)c1. The molecule has 0 aromatic heterocycles. The molecule has 0 heterocycles. The molecular weight excluding hydrogens is 463 g/mol. The normalized spacial score (nSPS) is 12.6. The van der Waals surface area contributed by atoms with E-state index in [4.69, 9.17) is 32.7 Å². The number of hydrogen-bond acceptors (Lipinski definition) is 4. The average molecular weight is 495 g/mol. The molecule has 2 rings (SSSR count). The summed E-state index contributed by atoms with van der Waals surface area (Å²) in [5.41, 5.74) is 1.74. The number of amides is 2. The molecule has 0 unspecified atom stereocenters. The van der Waals surface area contributed by atoms with Gasteiger partial charge in [-0.2, -0.15) is 0 Å². The van der Waals surface area contributed by atoms with Gasteiger partial charge in [-0.3, -0.25) is 9.59 Å². The predicted octanol–water partition coefficient (Wildman–Crippen LogP) is 5.28. The third-order valence-corrected chi connectivity index (χ3v) is 6.32. The van der Waals surface area contributed by atoms with E-state index in [9.17, 15) is 9.59 Å². The summed E-state index contributed by atoms with van der Waals surface area (Å²) in [5.74, 6) is 0.909. The monoisotopic (exact) mass is 494 g/mol. The fourth-order valence-corrected chi connectivity index (χ4v) is 3.63. The Bertz CT molecular complexity index is 967. The quantitative estimate of drug-likeness (QED) is 0.461. The first kappa shape index (κ1) is 26.8. The van der Waals surface area contributed by atoms with Gasteiger partial charge >= 0.3 is 0 Å². The van der Waals surface area contributed by atoms with Crippen LogP contribution in [0.2, 0.25) is 10.0 Å². The van der Waals surface area contributed by atoms with E-state index < -0.39 is 6.04 Å². The minimum Gasteiger partial charge on any atom is -0.493 e. The summed E-state index contributed by atoms with van der Waals surface area (Å²) < 4.78 is 10.6. The molecule has 2 atom stereocenters. The number of methoxy groups -OCH3 is 2. The topological polar surface area (TPSA) is 67.9 Å². The highest BCUT2D eigenvalue weighted by Crippen LogP contribution is 2.28. The van der Waals surface area contributed by atoms with Crippen LogP contribution in [0.25, 0.3) is 0 Å². The first-order valence-corrected chi connectivity index (χ1v) is 11.7. The molecule has 0 fully saturated rings. The molecule has 0 saturated heterocycles. The third-order valence-electron chi connectivity index (χ3n) is 5.58. The zero-order valence-corrected chi connectivity index (χ0v) is 21.3. The summed E-state index contributed by atoms with van der Waals surface area (Å²) in [5, 5.41) is 3.81. The molecule has 6 nitrogen and oxygen atoms in total. The van der Waals surface area contributed by atoms with E-state index in [0.717, 1.165) is 17.5 Å². The highest BCUT2D eigenvalue weighted by atomic mass is 35.5. The van der Waals surface area contributed by atoms with E-state index >= 15 is 0 Å². The van der Waals surface area contributed by atoms with Crippen molar-refractivity contribution in [3.8, 4) is 11.5 Å². The molecule has 0 aliphatic rings. The zero-order valence-electron chi connectivity index (χ0n) is 19.8. The van der Waals surface area contributed by atoms with E-state index in [1.54, 1.807) is 38.2 Å². The molecule has 0 aliphatic carbocycles. The first-order valence-electron chi connectivity index (χ1n) is 10.9. The lowest BCUT2D eigenvalue weighted by Crippen LogP contribution is -2.49. The second kappa shape index (κ2) is 12.7. The maximum absolute atomic E-state index is 13.3. The fraction of sp³-hybridized carbons (Fsp3) is 0.440. The summed E-state index contributed by atoms with van der Waals surface area (Å²) >= 11 is 12.2. The van der Waals surface area contributed by atoms with Crippen molar-refractivity contribution >= 4 is 35.0 Å². The molecule has 2 aromatic carbocycles. The fourth-order valence-electron chi connectivity index (χ4n) is 3.31. The van der Waals surface area contributed by atoms with Crippen LogP contribution in [0.4, 0.5) is 0 Å². The van der Waals surface area contributed by atoms with Gasteiger partial charge in [0.25, 0.3) is 0 Å². The van der Waals surface area contributed by atoms with E-state index in [-0.39, 0.29) is 30.8 Å². The minimum atomic E-state index is -0.647. The molecule has 8 heteroatoms. The van der Waals surface area contributed by atoms with Crippen molar-refractivity contribution < 1.29 is 19.1 Å². The van der Waals surface area contributed by atoms with Gasteiger partial charge in [-0.05, 0) is 62.1 Å². The highest BCUT2D eigenvalue weighted by molar-refractivity contribution is 6.42. The van der Waals surface area contributed by atoms with Crippen molar-refractivity contribution in [2.24, 2.45) is 0 Å². The number of benzene rings is 2. The standard InChI is InChI=1S/C25H32Cl2N2O4/c1-6-16(2)28-25(31)17(3)29(15-19-7-10-20(26)21(27)13-19)24(30)12-9-18-8-11-22(32-4)23(14-18)33-5/h7-8,10-11,13-14,16-17H,6,9,12,15H2,1-5H3,(H,28,31)/t16-,17-/m0/s1. The van der Waals surface area contributed by atoms with Crippen molar-refractivity contribution in [1.29, 1.82) is 0 Å². The molecule has 0 spiro atoms. The molecule has 1 N–H and O–H groups in total. The number of hydrogen-bond donors (Lipinski definition) is 1.